The lowest BCUT2D eigenvalue weighted by molar-refractivity contribution is -0.118. The van der Waals surface area contributed by atoms with Gasteiger partial charge in [-0.1, -0.05) is 70.5 Å². The van der Waals surface area contributed by atoms with Gasteiger partial charge in [-0.3, -0.25) is 9.59 Å². The number of nitrogens with one attached hydrogen (secondary N) is 3. The molecule has 9 heteroatoms. The molecular formula is C34H40ClFN4O3. The maximum atomic E-state index is 16.0. The average molecular weight is 607 g/mol. The van der Waals surface area contributed by atoms with E-state index >= 15 is 4.39 Å². The molecule has 0 bridgehead atoms. The molecule has 1 saturated heterocycles. The molecule has 2 aliphatic heterocycles. The predicted molar refractivity (Wildman–Crippen MR) is 170 cm³/mol. The number of benzene rings is 3. The van der Waals surface area contributed by atoms with E-state index in [0.717, 1.165) is 17.7 Å². The molecule has 0 saturated carbocycles. The number of methoxy groups -OCH3 is 1. The molecular weight excluding hydrogens is 567 g/mol. The number of carbonyl (C=O) groups is 2. The second-order valence-electron chi connectivity index (χ2n) is 13.2. The van der Waals surface area contributed by atoms with Crippen molar-refractivity contribution in [1.29, 1.82) is 0 Å². The van der Waals surface area contributed by atoms with Crippen molar-refractivity contribution in [3.05, 3.63) is 87.7 Å². The average Bonchev–Trinajstić information content (AvgIpc) is 3.48. The number of fused-ring (bicyclic) bond motifs is 2. The molecule has 43 heavy (non-hydrogen) atoms. The van der Waals surface area contributed by atoms with E-state index in [1.54, 1.807) is 18.2 Å². The summed E-state index contributed by atoms with van der Waals surface area (Å²) >= 11 is 6.36. The molecule has 3 aromatic carbocycles. The van der Waals surface area contributed by atoms with E-state index in [2.05, 4.69) is 68.8 Å². The lowest BCUT2D eigenvalue weighted by atomic mass is 9.63. The second-order valence-corrected chi connectivity index (χ2v) is 13.6. The Bertz CT molecular complexity index is 1570. The van der Waals surface area contributed by atoms with E-state index in [1.807, 2.05) is 0 Å². The zero-order valence-electron chi connectivity index (χ0n) is 25.5. The quantitative estimate of drug-likeness (QED) is 0.243. The molecule has 1 spiro atoms. The van der Waals surface area contributed by atoms with Crippen LogP contribution in [0.5, 0.6) is 5.75 Å². The van der Waals surface area contributed by atoms with E-state index in [4.69, 9.17) is 22.1 Å². The molecule has 0 radical (unpaired) electrons. The third-order valence-corrected chi connectivity index (χ3v) is 9.13. The van der Waals surface area contributed by atoms with Gasteiger partial charge in [-0.15, -0.1) is 0 Å². The zero-order valence-corrected chi connectivity index (χ0v) is 26.2. The van der Waals surface area contributed by atoms with Gasteiger partial charge in [-0.2, -0.15) is 0 Å². The third kappa shape index (κ3) is 5.58. The summed E-state index contributed by atoms with van der Waals surface area (Å²) in [5.74, 6) is -1.45. The largest absolute Gasteiger partial charge is 0.495 e. The zero-order chi connectivity index (χ0) is 31.3. The van der Waals surface area contributed by atoms with Gasteiger partial charge in [-0.05, 0) is 64.8 Å². The lowest BCUT2D eigenvalue weighted by Crippen LogP contribution is -2.46. The molecule has 0 aromatic heterocycles. The molecule has 2 aliphatic rings. The van der Waals surface area contributed by atoms with Gasteiger partial charge in [0.1, 0.15) is 11.6 Å². The maximum absolute atomic E-state index is 16.0. The standard InChI is InChI=1S/C34H40ClFN4O3/c1-18(2)19-10-12-22-25(14-19)38-17-34(22)27(16-33(3,4)5)40-30(28(34)21-8-7-9-23(35)29(21)36)32(42)39-24-13-11-20(31(37)41)15-26(24)43-6/h7-15,18,27-28,30,38,40H,16-17H2,1-6H3,(H2,37,41)(H,39,42). The normalized spacial score (nSPS) is 22.9. The number of hydrogen-bond donors (Lipinski definition) is 4. The SMILES string of the molecule is COc1cc(C(N)=O)ccc1NC(=O)C1NC(CC(C)(C)C)C2(CNc3cc(C(C)C)ccc32)C1c1cccc(Cl)c1F. The van der Waals surface area contributed by atoms with Crippen LogP contribution in [-0.2, 0) is 10.2 Å². The van der Waals surface area contributed by atoms with Crippen LogP contribution in [-0.4, -0.2) is 37.6 Å². The van der Waals surface area contributed by atoms with Gasteiger partial charge in [0.25, 0.3) is 0 Å². The van der Waals surface area contributed by atoms with E-state index in [9.17, 15) is 9.59 Å². The summed E-state index contributed by atoms with van der Waals surface area (Å²) in [6.07, 6.45) is 0.735. The van der Waals surface area contributed by atoms with E-state index < -0.39 is 29.1 Å². The fourth-order valence-electron chi connectivity index (χ4n) is 6.83. The molecule has 2 amide bonds. The second kappa shape index (κ2) is 11.5. The van der Waals surface area contributed by atoms with Crippen LogP contribution in [0, 0.1) is 11.2 Å². The van der Waals surface area contributed by atoms with Gasteiger partial charge in [0.05, 0.1) is 23.9 Å². The fourth-order valence-corrected chi connectivity index (χ4v) is 7.01. The van der Waals surface area contributed by atoms with E-state index in [-0.39, 0.29) is 28.0 Å². The Morgan fingerprint density at radius 3 is 2.56 bits per heavy atom. The number of nitrogens with two attached hydrogens (primary N) is 1. The number of carbonyl (C=O) groups excluding carboxylic acids is 2. The Morgan fingerprint density at radius 1 is 1.16 bits per heavy atom. The Labute approximate surface area is 257 Å². The van der Waals surface area contributed by atoms with Crippen molar-refractivity contribution in [2.75, 3.05) is 24.3 Å². The van der Waals surface area contributed by atoms with Crippen molar-refractivity contribution in [1.82, 2.24) is 5.32 Å². The van der Waals surface area contributed by atoms with Crippen LogP contribution in [0.1, 0.15) is 79.9 Å². The van der Waals surface area contributed by atoms with Crippen LogP contribution in [0.3, 0.4) is 0 Å². The van der Waals surface area contributed by atoms with Gasteiger partial charge in [0.15, 0.2) is 0 Å². The number of ether oxygens (including phenoxy) is 1. The number of hydrogen-bond acceptors (Lipinski definition) is 5. The van der Waals surface area contributed by atoms with Crippen LogP contribution in [0.2, 0.25) is 5.02 Å². The van der Waals surface area contributed by atoms with Crippen molar-refractivity contribution in [2.45, 2.75) is 70.4 Å². The van der Waals surface area contributed by atoms with Crippen LogP contribution < -0.4 is 26.4 Å². The summed E-state index contributed by atoms with van der Waals surface area (Å²) in [7, 11) is 1.45. The summed E-state index contributed by atoms with van der Waals surface area (Å²) in [4.78, 5) is 26.0. The Hall–Kier alpha value is -3.62. The summed E-state index contributed by atoms with van der Waals surface area (Å²) in [6, 6.07) is 15.1. The highest BCUT2D eigenvalue weighted by Crippen LogP contribution is 2.56. The first-order chi connectivity index (χ1) is 20.3. The molecule has 228 valence electrons. The summed E-state index contributed by atoms with van der Waals surface area (Å²) in [5.41, 5.74) is 8.98. The number of amides is 2. The van der Waals surface area contributed by atoms with Crippen molar-refractivity contribution < 1.29 is 18.7 Å². The minimum atomic E-state index is -0.821. The molecule has 1 fully saturated rings. The lowest BCUT2D eigenvalue weighted by Gasteiger charge is -2.39. The Balaban J connectivity index is 1.67. The van der Waals surface area contributed by atoms with Crippen LogP contribution >= 0.6 is 11.6 Å². The third-order valence-electron chi connectivity index (χ3n) is 8.83. The fraction of sp³-hybridized carbons (Fsp3) is 0.412. The first-order valence-electron chi connectivity index (χ1n) is 14.6. The Morgan fingerprint density at radius 2 is 1.91 bits per heavy atom. The molecule has 4 atom stereocenters. The molecule has 5 N–H and O–H groups in total. The van der Waals surface area contributed by atoms with E-state index in [0.29, 0.717) is 29.5 Å². The number of primary amides is 1. The van der Waals surface area contributed by atoms with Gasteiger partial charge in [0.2, 0.25) is 11.8 Å². The van der Waals surface area contributed by atoms with Crippen molar-refractivity contribution in [3.63, 3.8) is 0 Å². The highest BCUT2D eigenvalue weighted by molar-refractivity contribution is 6.30. The Kier molecular flexibility index (Phi) is 8.22. The maximum Gasteiger partial charge on any atom is 0.248 e. The molecule has 5 rings (SSSR count). The molecule has 2 heterocycles. The summed E-state index contributed by atoms with van der Waals surface area (Å²) in [5, 5.41) is 10.3. The number of anilines is 2. The van der Waals surface area contributed by atoms with Crippen molar-refractivity contribution >= 4 is 34.8 Å². The van der Waals surface area contributed by atoms with E-state index in [1.165, 1.54) is 30.9 Å². The smallest absolute Gasteiger partial charge is 0.248 e. The van der Waals surface area contributed by atoms with Gasteiger partial charge in [-0.25, -0.2) is 4.39 Å². The minimum absolute atomic E-state index is 0.0103. The molecule has 4 unspecified atom stereocenters. The van der Waals surface area contributed by atoms with Crippen LogP contribution in [0.25, 0.3) is 0 Å². The van der Waals surface area contributed by atoms with Crippen molar-refractivity contribution in [3.8, 4) is 5.75 Å². The highest BCUT2D eigenvalue weighted by atomic mass is 35.5. The topological polar surface area (TPSA) is 105 Å². The van der Waals surface area contributed by atoms with Gasteiger partial charge < -0.3 is 26.4 Å². The number of rotatable bonds is 7. The summed E-state index contributed by atoms with van der Waals surface area (Å²) < 4.78 is 21.5. The number of halogens is 2. The summed E-state index contributed by atoms with van der Waals surface area (Å²) in [6.45, 7) is 11.3. The first kappa shape index (κ1) is 30.8. The highest BCUT2D eigenvalue weighted by Gasteiger charge is 2.61. The van der Waals surface area contributed by atoms with Crippen LogP contribution in [0.15, 0.2) is 54.6 Å². The minimum Gasteiger partial charge on any atom is -0.495 e. The molecule has 3 aromatic rings. The van der Waals surface area contributed by atoms with Crippen LogP contribution in [0.4, 0.5) is 15.8 Å². The van der Waals surface area contributed by atoms with Gasteiger partial charge >= 0.3 is 0 Å². The predicted octanol–water partition coefficient (Wildman–Crippen LogP) is 6.57. The van der Waals surface area contributed by atoms with Crippen molar-refractivity contribution in [2.24, 2.45) is 11.1 Å². The molecule has 7 nitrogen and oxygen atoms in total. The first-order valence-corrected chi connectivity index (χ1v) is 15.0. The molecule has 0 aliphatic carbocycles. The monoisotopic (exact) mass is 606 g/mol. The van der Waals surface area contributed by atoms with Gasteiger partial charge in [0, 0.05) is 35.2 Å².